The summed E-state index contributed by atoms with van der Waals surface area (Å²) in [6, 6.07) is 4.80. The summed E-state index contributed by atoms with van der Waals surface area (Å²) < 4.78 is 69.6. The summed E-state index contributed by atoms with van der Waals surface area (Å²) >= 11 is 0. The maximum atomic E-state index is 13.2. The molecule has 0 amide bonds. The topological polar surface area (TPSA) is 26.3 Å². The Morgan fingerprint density at radius 3 is 2.42 bits per heavy atom. The van der Waals surface area contributed by atoms with Crippen molar-refractivity contribution >= 4 is 11.5 Å². The highest BCUT2D eigenvalue weighted by Crippen LogP contribution is 2.49. The van der Waals surface area contributed by atoms with Crippen LogP contribution in [0, 0.1) is 5.92 Å². The maximum absolute atomic E-state index is 13.2. The predicted molar refractivity (Wildman–Crippen MR) is 86.1 cm³/mol. The van der Waals surface area contributed by atoms with Crippen LogP contribution >= 0.6 is 0 Å². The lowest BCUT2D eigenvalue weighted by Crippen LogP contribution is -2.33. The molecule has 0 heterocycles. The molecule has 1 unspecified atom stereocenters. The van der Waals surface area contributed by atoms with E-state index in [9.17, 15) is 26.7 Å². The van der Waals surface area contributed by atoms with Crippen LogP contribution in [-0.4, -0.2) is 25.2 Å². The van der Waals surface area contributed by atoms with E-state index in [0.717, 1.165) is 0 Å². The largest absolute Gasteiger partial charge is 0.465 e. The molecular formula is C19H19F5O2. The van der Waals surface area contributed by atoms with Gasteiger partial charge in [0.1, 0.15) is 0 Å². The number of halogens is 5. The van der Waals surface area contributed by atoms with E-state index in [4.69, 9.17) is 4.74 Å². The average molecular weight is 374 g/mol. The predicted octanol–water partition coefficient (Wildman–Crippen LogP) is 5.73. The van der Waals surface area contributed by atoms with Crippen molar-refractivity contribution in [3.8, 4) is 0 Å². The van der Waals surface area contributed by atoms with E-state index in [2.05, 4.69) is 0 Å². The zero-order valence-electron chi connectivity index (χ0n) is 14.2. The zero-order chi connectivity index (χ0) is 19.1. The summed E-state index contributed by atoms with van der Waals surface area (Å²) in [5.41, 5.74) is 2.06. The number of carbonyl (C=O) groups is 1. The molecule has 3 rings (SSSR count). The number of alkyl halides is 5. The minimum atomic E-state index is -4.24. The van der Waals surface area contributed by atoms with E-state index >= 15 is 0 Å². The quantitative estimate of drug-likeness (QED) is 0.499. The highest BCUT2D eigenvalue weighted by molar-refractivity contribution is 5.95. The minimum absolute atomic E-state index is 0.0539. The molecule has 2 aliphatic rings. The molecule has 0 spiro atoms. The van der Waals surface area contributed by atoms with Crippen molar-refractivity contribution in [2.24, 2.45) is 5.92 Å². The molecule has 1 fully saturated rings. The molecule has 2 aliphatic carbocycles. The van der Waals surface area contributed by atoms with Crippen molar-refractivity contribution in [3.05, 3.63) is 41.0 Å². The lowest BCUT2D eigenvalue weighted by Gasteiger charge is -2.35. The number of allylic oxidation sites excluding steroid dienone is 2. The average Bonchev–Trinajstić information content (AvgIpc) is 2.57. The van der Waals surface area contributed by atoms with Gasteiger partial charge < -0.3 is 4.74 Å². The highest BCUT2D eigenvalue weighted by Gasteiger charge is 2.46. The smallest absolute Gasteiger partial charge is 0.392 e. The second-order valence-electron chi connectivity index (χ2n) is 7.00. The Balaban J connectivity index is 1.91. The van der Waals surface area contributed by atoms with E-state index in [-0.39, 0.29) is 43.6 Å². The maximum Gasteiger partial charge on any atom is 0.392 e. The number of carbonyl (C=O) groups excluding carboxylic acids is 1. The van der Waals surface area contributed by atoms with Crippen molar-refractivity contribution in [1.29, 1.82) is 0 Å². The van der Waals surface area contributed by atoms with E-state index in [0.29, 0.717) is 16.7 Å². The fourth-order valence-corrected chi connectivity index (χ4v) is 3.64. The molecule has 142 valence electrons. The first kappa shape index (κ1) is 18.9. The molecule has 0 bridgehead atoms. The molecule has 1 aromatic carbocycles. The summed E-state index contributed by atoms with van der Waals surface area (Å²) in [5.74, 6) is -4.95. The van der Waals surface area contributed by atoms with Crippen molar-refractivity contribution < 1.29 is 31.5 Å². The summed E-state index contributed by atoms with van der Waals surface area (Å²) in [6.07, 6.45) is -3.27. The standard InChI is InChI=1S/C19H19F5O2/c1-26-17(25)15-7-4-12(13-9-18(20,21)10-13)8-16(15)11-2-5-14(6-3-11)19(22,23)24/h2,4,7-8,13-14H,3,5-6,9-10H2,1H3. The zero-order valence-corrected chi connectivity index (χ0v) is 14.2. The molecule has 0 aromatic heterocycles. The molecule has 0 N–H and O–H groups in total. The van der Waals surface area contributed by atoms with Gasteiger partial charge in [-0.3, -0.25) is 0 Å². The first-order valence-electron chi connectivity index (χ1n) is 8.47. The third-order valence-electron chi connectivity index (χ3n) is 5.23. The molecule has 0 saturated heterocycles. The van der Waals surface area contributed by atoms with Crippen LogP contribution in [-0.2, 0) is 4.74 Å². The molecule has 1 atom stereocenters. The second-order valence-corrected chi connectivity index (χ2v) is 7.00. The molecular weight excluding hydrogens is 355 g/mol. The number of ether oxygens (including phenoxy) is 1. The van der Waals surface area contributed by atoms with Crippen molar-refractivity contribution in [3.63, 3.8) is 0 Å². The van der Waals surface area contributed by atoms with Gasteiger partial charge in [0.15, 0.2) is 0 Å². The molecule has 1 aromatic rings. The Morgan fingerprint density at radius 1 is 1.23 bits per heavy atom. The number of hydrogen-bond acceptors (Lipinski definition) is 2. The van der Waals surface area contributed by atoms with Crippen molar-refractivity contribution in [1.82, 2.24) is 0 Å². The third-order valence-corrected chi connectivity index (χ3v) is 5.23. The van der Waals surface area contributed by atoms with Crippen molar-refractivity contribution in [2.75, 3.05) is 7.11 Å². The van der Waals surface area contributed by atoms with Crippen LogP contribution in [0.15, 0.2) is 24.3 Å². The van der Waals surface area contributed by atoms with Gasteiger partial charge in [0.25, 0.3) is 0 Å². The van der Waals surface area contributed by atoms with Gasteiger partial charge in [0, 0.05) is 12.8 Å². The highest BCUT2D eigenvalue weighted by atomic mass is 19.4. The SMILES string of the molecule is COC(=O)c1ccc(C2CC(F)(F)C2)cc1C1=CCC(C(F)(F)F)CC1. The molecule has 0 radical (unpaired) electrons. The molecule has 1 saturated carbocycles. The second kappa shape index (κ2) is 6.67. The van der Waals surface area contributed by atoms with E-state index in [1.54, 1.807) is 12.1 Å². The van der Waals surface area contributed by atoms with E-state index < -0.39 is 24.0 Å². The molecule has 26 heavy (non-hydrogen) atoms. The first-order valence-corrected chi connectivity index (χ1v) is 8.47. The van der Waals surface area contributed by atoms with Crippen LogP contribution in [0.25, 0.3) is 5.57 Å². The van der Waals surface area contributed by atoms with Crippen molar-refractivity contribution in [2.45, 2.75) is 50.1 Å². The Bertz CT molecular complexity index is 728. The van der Waals surface area contributed by atoms with Gasteiger partial charge in [-0.2, -0.15) is 13.2 Å². The summed E-state index contributed by atoms with van der Waals surface area (Å²) in [5, 5.41) is 0. The molecule has 2 nitrogen and oxygen atoms in total. The van der Waals surface area contributed by atoms with Crippen LogP contribution < -0.4 is 0 Å². The fourth-order valence-electron chi connectivity index (χ4n) is 3.64. The number of esters is 1. The van der Waals surface area contributed by atoms with Crippen LogP contribution in [0.4, 0.5) is 22.0 Å². The monoisotopic (exact) mass is 374 g/mol. The summed E-state index contributed by atoms with van der Waals surface area (Å²) in [7, 11) is 1.22. The Kier molecular flexibility index (Phi) is 4.84. The van der Waals surface area contributed by atoms with Gasteiger partial charge in [0.05, 0.1) is 18.6 Å². The van der Waals surface area contributed by atoms with Gasteiger partial charge in [-0.15, -0.1) is 0 Å². The Labute approximate surface area is 148 Å². The lowest BCUT2D eigenvalue weighted by molar-refractivity contribution is -0.175. The van der Waals surface area contributed by atoms with E-state index in [1.165, 1.54) is 19.3 Å². The molecule has 0 aliphatic heterocycles. The number of methoxy groups -OCH3 is 1. The Hall–Kier alpha value is -1.92. The lowest BCUT2D eigenvalue weighted by atomic mass is 9.75. The van der Waals surface area contributed by atoms with Crippen LogP contribution in [0.5, 0.6) is 0 Å². The number of rotatable bonds is 3. The number of benzene rings is 1. The fraction of sp³-hybridized carbons (Fsp3) is 0.526. The first-order chi connectivity index (χ1) is 12.1. The molecule has 7 heteroatoms. The van der Waals surface area contributed by atoms with Gasteiger partial charge in [-0.05, 0) is 47.9 Å². The minimum Gasteiger partial charge on any atom is -0.465 e. The van der Waals surface area contributed by atoms with Crippen LogP contribution in [0.3, 0.4) is 0 Å². The normalized spacial score (nSPS) is 23.2. The third kappa shape index (κ3) is 3.76. The van der Waals surface area contributed by atoms with E-state index in [1.807, 2.05) is 0 Å². The van der Waals surface area contributed by atoms with Gasteiger partial charge in [0.2, 0.25) is 5.92 Å². The number of hydrogen-bond donors (Lipinski definition) is 0. The van der Waals surface area contributed by atoms with Gasteiger partial charge in [-0.25, -0.2) is 13.6 Å². The summed E-state index contributed by atoms with van der Waals surface area (Å²) in [6.45, 7) is 0. The van der Waals surface area contributed by atoms with Crippen LogP contribution in [0.1, 0.15) is 59.5 Å². The van der Waals surface area contributed by atoms with Gasteiger partial charge >= 0.3 is 12.1 Å². The van der Waals surface area contributed by atoms with Gasteiger partial charge in [-0.1, -0.05) is 18.2 Å². The summed E-state index contributed by atoms with van der Waals surface area (Å²) in [4.78, 5) is 12.0. The Morgan fingerprint density at radius 2 is 1.92 bits per heavy atom. The van der Waals surface area contributed by atoms with Crippen LogP contribution in [0.2, 0.25) is 0 Å².